The van der Waals surface area contributed by atoms with Gasteiger partial charge in [0.1, 0.15) is 5.69 Å². The third kappa shape index (κ3) is 3.23. The topological polar surface area (TPSA) is 124 Å². The maximum Gasteiger partial charge on any atom is 0.314 e. The van der Waals surface area contributed by atoms with Crippen LogP contribution < -0.4 is 5.73 Å². The Balaban J connectivity index is 1.35. The van der Waals surface area contributed by atoms with Crippen molar-refractivity contribution in [3.05, 3.63) is 47.3 Å². The molecule has 0 atom stereocenters. The molecule has 4 heterocycles. The molecule has 0 saturated heterocycles. The van der Waals surface area contributed by atoms with Crippen LogP contribution in [0.5, 0.6) is 0 Å². The molecular weight excluding hydrogens is 402 g/mol. The Morgan fingerprint density at radius 1 is 1.17 bits per heavy atom. The normalized spacial score (nSPS) is 11.7. The summed E-state index contributed by atoms with van der Waals surface area (Å²) in [6, 6.07) is 9.30. The summed E-state index contributed by atoms with van der Waals surface area (Å²) < 4.78 is 31.9. The maximum atomic E-state index is 12.6. The number of H-pyrrole nitrogens is 1. The van der Waals surface area contributed by atoms with Gasteiger partial charge in [-0.1, -0.05) is 11.3 Å². The Morgan fingerprint density at radius 3 is 2.90 bits per heavy atom. The number of nitrogens with one attached hydrogen (secondary N) is 1. The highest BCUT2D eigenvalue weighted by molar-refractivity contribution is 7.15. The molecule has 0 fully saturated rings. The number of rotatable bonds is 5. The average Bonchev–Trinajstić information content (AvgIpc) is 3.49. The quantitative estimate of drug-likeness (QED) is 0.451. The molecule has 0 amide bonds. The molecule has 0 unspecified atom stereocenters. The van der Waals surface area contributed by atoms with Crippen molar-refractivity contribution in [1.29, 1.82) is 0 Å². The molecule has 5 aromatic rings. The molecule has 0 bridgehead atoms. The van der Waals surface area contributed by atoms with Crippen molar-refractivity contribution in [2.45, 2.75) is 13.0 Å². The van der Waals surface area contributed by atoms with Gasteiger partial charge in [-0.15, -0.1) is 26.6 Å². The number of hydrogen-bond acceptors (Lipinski definition) is 8. The summed E-state index contributed by atoms with van der Waals surface area (Å²) in [4.78, 5) is 1.55. The van der Waals surface area contributed by atoms with E-state index in [1.165, 1.54) is 11.3 Å². The number of alkyl halides is 2. The van der Waals surface area contributed by atoms with E-state index in [0.29, 0.717) is 22.9 Å². The van der Waals surface area contributed by atoms with Gasteiger partial charge in [-0.3, -0.25) is 5.10 Å². The highest BCUT2D eigenvalue weighted by Gasteiger charge is 2.18. The number of aromatic amines is 1. The van der Waals surface area contributed by atoms with Gasteiger partial charge < -0.3 is 10.2 Å². The fraction of sp³-hybridized carbons (Fsp3) is 0.118. The molecule has 0 aliphatic carbocycles. The molecule has 0 saturated carbocycles. The molecular formula is C17H12F2N8OS. The zero-order chi connectivity index (χ0) is 20.0. The molecule has 3 N–H and O–H groups in total. The summed E-state index contributed by atoms with van der Waals surface area (Å²) in [6.45, 7) is 0.465. The number of benzene rings is 1. The largest absolute Gasteiger partial charge is 0.414 e. The third-order valence-electron chi connectivity index (χ3n) is 4.24. The van der Waals surface area contributed by atoms with E-state index in [2.05, 4.69) is 30.7 Å². The number of fused-ring (bicyclic) bond motifs is 1. The van der Waals surface area contributed by atoms with E-state index in [1.54, 1.807) is 10.7 Å². The number of hydrogen-bond donors (Lipinski definition) is 2. The van der Waals surface area contributed by atoms with Gasteiger partial charge in [0.2, 0.25) is 0 Å². The van der Waals surface area contributed by atoms with Gasteiger partial charge in [-0.05, 0) is 24.3 Å². The van der Waals surface area contributed by atoms with Gasteiger partial charge in [0, 0.05) is 15.8 Å². The highest BCUT2D eigenvalue weighted by Crippen LogP contribution is 2.30. The molecule has 1 aromatic carbocycles. The fourth-order valence-electron chi connectivity index (χ4n) is 2.87. The summed E-state index contributed by atoms with van der Waals surface area (Å²) in [7, 11) is 0. The van der Waals surface area contributed by atoms with Crippen LogP contribution in [0.4, 0.5) is 14.6 Å². The molecule has 12 heteroatoms. The smallest absolute Gasteiger partial charge is 0.314 e. The van der Waals surface area contributed by atoms with Crippen LogP contribution in [0, 0.1) is 0 Å². The molecule has 0 aliphatic heterocycles. The lowest BCUT2D eigenvalue weighted by atomic mass is 10.1. The van der Waals surface area contributed by atoms with E-state index in [9.17, 15) is 8.78 Å². The Bertz CT molecular complexity index is 1300. The van der Waals surface area contributed by atoms with Gasteiger partial charge in [0.05, 0.1) is 23.1 Å². The second-order valence-electron chi connectivity index (χ2n) is 6.18. The van der Waals surface area contributed by atoms with Gasteiger partial charge in [-0.25, -0.2) is 4.68 Å². The fourth-order valence-corrected chi connectivity index (χ4v) is 3.79. The van der Waals surface area contributed by atoms with Gasteiger partial charge in [0.15, 0.2) is 5.82 Å². The molecule has 29 heavy (non-hydrogen) atoms. The zero-order valence-electron chi connectivity index (χ0n) is 14.6. The van der Waals surface area contributed by atoms with Crippen molar-refractivity contribution in [3.63, 3.8) is 0 Å². The van der Waals surface area contributed by atoms with Crippen LogP contribution in [0.2, 0.25) is 0 Å². The molecule has 9 nitrogen and oxygen atoms in total. The lowest BCUT2D eigenvalue weighted by molar-refractivity contribution is 0.116. The summed E-state index contributed by atoms with van der Waals surface area (Å²) in [5.74, 6) is -0.166. The monoisotopic (exact) mass is 414 g/mol. The van der Waals surface area contributed by atoms with Crippen LogP contribution in [0.15, 0.2) is 40.9 Å². The Hall–Kier alpha value is -3.67. The predicted molar refractivity (Wildman–Crippen MR) is 101 cm³/mol. The number of nitrogens with two attached hydrogens (primary N) is 1. The van der Waals surface area contributed by atoms with Crippen LogP contribution in [-0.4, -0.2) is 35.4 Å². The van der Waals surface area contributed by atoms with Crippen molar-refractivity contribution >= 4 is 28.1 Å². The first-order valence-electron chi connectivity index (χ1n) is 8.41. The van der Waals surface area contributed by atoms with Crippen molar-refractivity contribution < 1.29 is 13.2 Å². The highest BCUT2D eigenvalue weighted by atomic mass is 32.1. The predicted octanol–water partition coefficient (Wildman–Crippen LogP) is 3.50. The van der Waals surface area contributed by atoms with Gasteiger partial charge >= 0.3 is 6.43 Å². The first-order chi connectivity index (χ1) is 14.1. The van der Waals surface area contributed by atoms with Crippen molar-refractivity contribution in [2.24, 2.45) is 0 Å². The summed E-state index contributed by atoms with van der Waals surface area (Å²) in [5, 5.41) is 23.1. The molecule has 5 rings (SSSR count). The molecule has 0 spiro atoms. The van der Waals surface area contributed by atoms with Crippen molar-refractivity contribution in [1.82, 2.24) is 35.4 Å². The van der Waals surface area contributed by atoms with E-state index in [1.807, 2.05) is 30.5 Å². The number of nitrogen functional groups attached to an aromatic ring is 1. The SMILES string of the molecule is Nc1n[nH]c2cc(-c3cn(Cc4ccc(-c5nnc(C(F)F)o5)s4)nn3)ccc12. The summed E-state index contributed by atoms with van der Waals surface area (Å²) in [6.07, 6.45) is -0.969. The second-order valence-corrected chi connectivity index (χ2v) is 7.35. The lowest BCUT2D eigenvalue weighted by Gasteiger charge is -1.97. The zero-order valence-corrected chi connectivity index (χ0v) is 15.4. The minimum atomic E-state index is -2.79. The average molecular weight is 414 g/mol. The van der Waals surface area contributed by atoms with Crippen LogP contribution >= 0.6 is 11.3 Å². The van der Waals surface area contributed by atoms with E-state index in [0.717, 1.165) is 21.3 Å². The standard InChI is InChI=1S/C17H12F2N8OS/c18-14(19)17-25-24-16(28-17)13-4-2-9(29-13)6-27-7-12(22-26-27)8-1-3-10-11(5-8)21-23-15(10)20/h1-5,7,14H,6H2,(H3,20,21,23). The first-order valence-corrected chi connectivity index (χ1v) is 9.23. The third-order valence-corrected chi connectivity index (χ3v) is 5.30. The van der Waals surface area contributed by atoms with E-state index < -0.39 is 12.3 Å². The van der Waals surface area contributed by atoms with Crippen LogP contribution in [0.25, 0.3) is 32.9 Å². The molecule has 146 valence electrons. The van der Waals surface area contributed by atoms with Crippen LogP contribution in [0.1, 0.15) is 17.2 Å². The molecule has 0 aliphatic rings. The Labute approximate surface area is 165 Å². The lowest BCUT2D eigenvalue weighted by Crippen LogP contribution is -1.97. The van der Waals surface area contributed by atoms with E-state index in [-0.39, 0.29) is 5.89 Å². The Morgan fingerprint density at radius 2 is 2.07 bits per heavy atom. The molecule has 0 radical (unpaired) electrons. The van der Waals surface area contributed by atoms with E-state index >= 15 is 0 Å². The minimum Gasteiger partial charge on any atom is -0.414 e. The maximum absolute atomic E-state index is 12.6. The van der Waals surface area contributed by atoms with Crippen molar-refractivity contribution in [3.8, 4) is 22.0 Å². The molecule has 4 aromatic heterocycles. The first kappa shape index (κ1) is 17.4. The van der Waals surface area contributed by atoms with Gasteiger partial charge in [0.25, 0.3) is 11.8 Å². The Kier molecular flexibility index (Phi) is 4.05. The van der Waals surface area contributed by atoms with Crippen LogP contribution in [-0.2, 0) is 6.54 Å². The summed E-state index contributed by atoms with van der Waals surface area (Å²) in [5.41, 5.74) is 8.19. The van der Waals surface area contributed by atoms with Crippen LogP contribution in [0.3, 0.4) is 0 Å². The number of halogens is 2. The van der Waals surface area contributed by atoms with E-state index in [4.69, 9.17) is 10.2 Å². The van der Waals surface area contributed by atoms with Crippen molar-refractivity contribution in [2.75, 3.05) is 5.73 Å². The van der Waals surface area contributed by atoms with Gasteiger partial charge in [-0.2, -0.15) is 13.9 Å². The number of aromatic nitrogens is 7. The number of nitrogens with zero attached hydrogens (tertiary/aromatic N) is 6. The summed E-state index contributed by atoms with van der Waals surface area (Å²) >= 11 is 1.36. The number of thiophene rings is 1. The number of anilines is 1. The second kappa shape index (κ2) is 6.74. The minimum absolute atomic E-state index is 0.0722.